The molecule has 1 rings (SSSR count). The summed E-state index contributed by atoms with van der Waals surface area (Å²) in [5, 5.41) is 9.11. The van der Waals surface area contributed by atoms with Gasteiger partial charge in [-0.05, 0) is 19.8 Å². The molecule has 0 radical (unpaired) electrons. The number of aliphatic hydroxyl groups is 1. The smallest absolute Gasteiger partial charge is 0.380 e. The number of alkyl halides is 3. The highest BCUT2D eigenvalue weighted by Crippen LogP contribution is 2.33. The zero-order valence-corrected chi connectivity index (χ0v) is 8.47. The standard InChI is InChI=1S/C9H14F3NO2/c1-8(15,9(10,11)12)6-7(14)13-4-2-3-5-13/h15H,2-6H2,1H3. The molecule has 0 aliphatic carbocycles. The molecule has 1 fully saturated rings. The first kappa shape index (κ1) is 12.3. The van der Waals surface area contributed by atoms with Gasteiger partial charge in [0.25, 0.3) is 0 Å². The Hall–Kier alpha value is -0.780. The number of rotatable bonds is 2. The van der Waals surface area contributed by atoms with Crippen molar-refractivity contribution in [2.45, 2.75) is 38.0 Å². The third kappa shape index (κ3) is 2.84. The molecule has 0 aromatic carbocycles. The molecule has 0 aromatic heterocycles. The number of carbonyl (C=O) groups is 1. The van der Waals surface area contributed by atoms with Crippen LogP contribution in [0.1, 0.15) is 26.2 Å². The normalized spacial score (nSPS) is 21.5. The molecule has 1 aliphatic heterocycles. The van der Waals surface area contributed by atoms with E-state index >= 15 is 0 Å². The third-order valence-corrected chi connectivity index (χ3v) is 2.56. The molecule has 1 saturated heterocycles. The van der Waals surface area contributed by atoms with E-state index in [1.54, 1.807) is 0 Å². The van der Waals surface area contributed by atoms with Crippen molar-refractivity contribution < 1.29 is 23.1 Å². The van der Waals surface area contributed by atoms with Crippen LogP contribution in [0.15, 0.2) is 0 Å². The van der Waals surface area contributed by atoms with Gasteiger partial charge in [-0.1, -0.05) is 0 Å². The Morgan fingerprint density at radius 2 is 1.80 bits per heavy atom. The number of carbonyl (C=O) groups excluding carboxylic acids is 1. The summed E-state index contributed by atoms with van der Waals surface area (Å²) in [4.78, 5) is 12.7. The van der Waals surface area contributed by atoms with Gasteiger partial charge in [0.2, 0.25) is 5.91 Å². The van der Waals surface area contributed by atoms with E-state index in [1.165, 1.54) is 4.90 Å². The summed E-state index contributed by atoms with van der Waals surface area (Å²) in [5.74, 6) is -0.630. The molecule has 6 heteroatoms. The van der Waals surface area contributed by atoms with Gasteiger partial charge in [-0.25, -0.2) is 0 Å². The highest BCUT2D eigenvalue weighted by molar-refractivity contribution is 5.77. The van der Waals surface area contributed by atoms with Crippen LogP contribution in [0.5, 0.6) is 0 Å². The summed E-state index contributed by atoms with van der Waals surface area (Å²) < 4.78 is 36.8. The predicted octanol–water partition coefficient (Wildman–Crippen LogP) is 1.31. The van der Waals surface area contributed by atoms with Crippen molar-refractivity contribution >= 4 is 5.91 Å². The maximum atomic E-state index is 12.3. The van der Waals surface area contributed by atoms with E-state index in [-0.39, 0.29) is 0 Å². The second-order valence-electron chi connectivity index (χ2n) is 4.04. The molecule has 3 nitrogen and oxygen atoms in total. The molecular weight excluding hydrogens is 211 g/mol. The SMILES string of the molecule is CC(O)(CC(=O)N1CCCC1)C(F)(F)F. The van der Waals surface area contributed by atoms with Gasteiger partial charge < -0.3 is 10.0 Å². The van der Waals surface area contributed by atoms with Crippen LogP contribution in [-0.2, 0) is 4.79 Å². The fraction of sp³-hybridized carbons (Fsp3) is 0.889. The van der Waals surface area contributed by atoms with Crippen LogP contribution < -0.4 is 0 Å². The number of hydrogen-bond acceptors (Lipinski definition) is 2. The predicted molar refractivity (Wildman–Crippen MR) is 47.1 cm³/mol. The van der Waals surface area contributed by atoms with E-state index in [9.17, 15) is 18.0 Å². The fourth-order valence-corrected chi connectivity index (χ4v) is 1.47. The van der Waals surface area contributed by atoms with E-state index in [4.69, 9.17) is 5.11 Å². The number of nitrogens with zero attached hydrogens (tertiary/aromatic N) is 1. The minimum absolute atomic E-state index is 0.493. The van der Waals surface area contributed by atoms with Gasteiger partial charge in [0.05, 0.1) is 6.42 Å². The second kappa shape index (κ2) is 4.00. The maximum absolute atomic E-state index is 12.3. The van der Waals surface area contributed by atoms with Gasteiger partial charge in [-0.3, -0.25) is 4.79 Å². The van der Waals surface area contributed by atoms with Crippen LogP contribution in [0.4, 0.5) is 13.2 Å². The van der Waals surface area contributed by atoms with Crippen LogP contribution in [0.3, 0.4) is 0 Å². The second-order valence-corrected chi connectivity index (χ2v) is 4.04. The Labute approximate surface area is 85.9 Å². The van der Waals surface area contributed by atoms with Gasteiger partial charge in [-0.15, -0.1) is 0 Å². The van der Waals surface area contributed by atoms with Crippen molar-refractivity contribution in [3.05, 3.63) is 0 Å². The Morgan fingerprint density at radius 1 is 1.33 bits per heavy atom. The Kier molecular flexibility index (Phi) is 3.28. The van der Waals surface area contributed by atoms with Gasteiger partial charge in [0.1, 0.15) is 0 Å². The first-order valence-corrected chi connectivity index (χ1v) is 4.81. The van der Waals surface area contributed by atoms with Crippen molar-refractivity contribution in [1.29, 1.82) is 0 Å². The maximum Gasteiger partial charge on any atom is 0.417 e. The number of amides is 1. The number of halogens is 3. The first-order valence-electron chi connectivity index (χ1n) is 4.81. The third-order valence-electron chi connectivity index (χ3n) is 2.56. The van der Waals surface area contributed by atoms with E-state index in [0.29, 0.717) is 20.0 Å². The molecule has 15 heavy (non-hydrogen) atoms. The largest absolute Gasteiger partial charge is 0.417 e. The summed E-state index contributed by atoms with van der Waals surface area (Å²) in [6.45, 7) is 1.61. The average Bonchev–Trinajstić information content (AvgIpc) is 2.51. The molecular formula is C9H14F3NO2. The van der Waals surface area contributed by atoms with Crippen molar-refractivity contribution in [2.24, 2.45) is 0 Å². The van der Waals surface area contributed by atoms with Gasteiger partial charge in [-0.2, -0.15) is 13.2 Å². The highest BCUT2D eigenvalue weighted by Gasteiger charge is 2.51. The van der Waals surface area contributed by atoms with Crippen molar-refractivity contribution in [3.63, 3.8) is 0 Å². The molecule has 1 N–H and O–H groups in total. The summed E-state index contributed by atoms with van der Waals surface area (Å²) in [5.41, 5.74) is -2.92. The minimum Gasteiger partial charge on any atom is -0.380 e. The van der Waals surface area contributed by atoms with Crippen LogP contribution in [-0.4, -0.2) is 40.8 Å². The van der Waals surface area contributed by atoms with E-state index in [1.807, 2.05) is 0 Å². The van der Waals surface area contributed by atoms with Crippen molar-refractivity contribution in [2.75, 3.05) is 13.1 Å². The summed E-state index contributed by atoms with van der Waals surface area (Å²) in [6, 6.07) is 0. The van der Waals surface area contributed by atoms with Crippen LogP contribution in [0.2, 0.25) is 0 Å². The zero-order chi connectivity index (χ0) is 11.7. The van der Waals surface area contributed by atoms with E-state index in [0.717, 1.165) is 12.8 Å². The lowest BCUT2D eigenvalue weighted by Crippen LogP contribution is -2.46. The van der Waals surface area contributed by atoms with Crippen molar-refractivity contribution in [1.82, 2.24) is 4.90 Å². The first-order chi connectivity index (χ1) is 6.74. The van der Waals surface area contributed by atoms with Crippen LogP contribution >= 0.6 is 0 Å². The molecule has 1 heterocycles. The molecule has 0 saturated carbocycles. The summed E-state index contributed by atoms with van der Waals surface area (Å²) in [7, 11) is 0. The van der Waals surface area contributed by atoms with Gasteiger partial charge in [0, 0.05) is 13.1 Å². The van der Waals surface area contributed by atoms with E-state index < -0.39 is 24.1 Å². The summed E-state index contributed by atoms with van der Waals surface area (Å²) >= 11 is 0. The Bertz CT molecular complexity index is 244. The molecule has 1 amide bonds. The lowest BCUT2D eigenvalue weighted by molar-refractivity contribution is -0.254. The molecule has 1 unspecified atom stereocenters. The monoisotopic (exact) mass is 225 g/mol. The molecule has 0 aromatic rings. The average molecular weight is 225 g/mol. The fourth-order valence-electron chi connectivity index (χ4n) is 1.47. The summed E-state index contributed by atoms with van der Waals surface area (Å²) in [6.07, 6.45) is -4.02. The van der Waals surface area contributed by atoms with Gasteiger partial charge in [0.15, 0.2) is 5.60 Å². The minimum atomic E-state index is -4.76. The van der Waals surface area contributed by atoms with E-state index in [2.05, 4.69) is 0 Å². The van der Waals surface area contributed by atoms with Crippen LogP contribution in [0, 0.1) is 0 Å². The molecule has 1 aliphatic rings. The number of hydrogen-bond donors (Lipinski definition) is 1. The Balaban J connectivity index is 2.57. The quantitative estimate of drug-likeness (QED) is 0.769. The lowest BCUT2D eigenvalue weighted by atomic mass is 10.0. The number of likely N-dealkylation sites (tertiary alicyclic amines) is 1. The Morgan fingerprint density at radius 3 is 2.20 bits per heavy atom. The molecule has 0 spiro atoms. The highest BCUT2D eigenvalue weighted by atomic mass is 19.4. The molecule has 0 bridgehead atoms. The van der Waals surface area contributed by atoms with Gasteiger partial charge >= 0.3 is 6.18 Å². The zero-order valence-electron chi connectivity index (χ0n) is 8.47. The molecule has 88 valence electrons. The lowest BCUT2D eigenvalue weighted by Gasteiger charge is -2.27. The molecule has 1 atom stereocenters. The van der Waals surface area contributed by atoms with Crippen LogP contribution in [0.25, 0.3) is 0 Å². The topological polar surface area (TPSA) is 40.5 Å². The van der Waals surface area contributed by atoms with Crippen molar-refractivity contribution in [3.8, 4) is 0 Å².